The Kier molecular flexibility index (Phi) is 3.18. The fourth-order valence-electron chi connectivity index (χ4n) is 1.46. The highest BCUT2D eigenvalue weighted by Crippen LogP contribution is 2.35. The molecule has 0 bridgehead atoms. The number of aliphatic hydroxyl groups excluding tert-OH is 1. The Morgan fingerprint density at radius 1 is 1.69 bits per heavy atom. The van der Waals surface area contributed by atoms with E-state index >= 15 is 0 Å². The van der Waals surface area contributed by atoms with E-state index in [1.807, 2.05) is 4.98 Å². The molecular weight excluding hydrogens is 238 g/mol. The van der Waals surface area contributed by atoms with Crippen LogP contribution in [0.25, 0.3) is 0 Å². The second-order valence-corrected chi connectivity index (χ2v) is 4.77. The number of nitrogens with zero attached hydrogens (tertiary/aromatic N) is 1. The quantitative estimate of drug-likeness (QED) is 0.671. The van der Waals surface area contributed by atoms with E-state index in [4.69, 9.17) is 9.84 Å². The summed E-state index contributed by atoms with van der Waals surface area (Å²) >= 11 is 0. The lowest BCUT2D eigenvalue weighted by molar-refractivity contribution is -0.00748. The first-order valence-corrected chi connectivity index (χ1v) is 5.91. The maximum absolute atomic E-state index is 13.0. The van der Waals surface area contributed by atoms with Crippen LogP contribution < -0.4 is 11.2 Å². The van der Waals surface area contributed by atoms with Crippen molar-refractivity contribution in [3.63, 3.8) is 0 Å². The van der Waals surface area contributed by atoms with E-state index in [1.165, 1.54) is 0 Å². The van der Waals surface area contributed by atoms with Gasteiger partial charge < -0.3 is 9.84 Å². The number of nitrogens with one attached hydrogen (secondary N) is 1. The van der Waals surface area contributed by atoms with Gasteiger partial charge in [0.25, 0.3) is 5.56 Å². The first kappa shape index (κ1) is 11.4. The zero-order valence-electron chi connectivity index (χ0n) is 8.14. The van der Waals surface area contributed by atoms with Gasteiger partial charge in [-0.1, -0.05) is 8.58 Å². The Balaban J connectivity index is 2.32. The molecule has 3 atom stereocenters. The predicted octanol–water partition coefficient (Wildman–Crippen LogP) is -0.799. The molecule has 1 aromatic heterocycles. The average Bonchev–Trinajstić information content (AvgIpc) is 2.71. The van der Waals surface area contributed by atoms with Crippen LogP contribution in [0, 0.1) is 5.82 Å². The number of hydrogen-bond acceptors (Lipinski definition) is 4. The maximum atomic E-state index is 13.0. The zero-order chi connectivity index (χ0) is 11.7. The molecule has 0 spiro atoms. The molecule has 3 unspecified atom stereocenters. The summed E-state index contributed by atoms with van der Waals surface area (Å²) in [7, 11) is 0.350. The molecule has 0 aromatic carbocycles. The SMILES string of the molecule is O=c1[nH]c(=O)n(C2CPC(CO)O2)cc1F. The lowest BCUT2D eigenvalue weighted by Gasteiger charge is -2.13. The topological polar surface area (TPSA) is 84.3 Å². The number of ether oxygens (including phenoxy) is 1. The summed E-state index contributed by atoms with van der Waals surface area (Å²) in [5.41, 5.74) is -1.75. The predicted molar refractivity (Wildman–Crippen MR) is 55.5 cm³/mol. The molecule has 1 aromatic rings. The van der Waals surface area contributed by atoms with E-state index in [2.05, 4.69) is 0 Å². The van der Waals surface area contributed by atoms with Crippen LogP contribution in [-0.4, -0.2) is 33.3 Å². The van der Waals surface area contributed by atoms with Gasteiger partial charge in [-0.3, -0.25) is 14.3 Å². The Hall–Kier alpha value is -1.04. The zero-order valence-corrected chi connectivity index (χ0v) is 9.14. The summed E-state index contributed by atoms with van der Waals surface area (Å²) in [5.74, 6) is -1.34. The Morgan fingerprint density at radius 2 is 2.44 bits per heavy atom. The lowest BCUT2D eigenvalue weighted by Crippen LogP contribution is -2.34. The van der Waals surface area contributed by atoms with Crippen molar-refractivity contribution < 1.29 is 14.2 Å². The third-order valence-electron chi connectivity index (χ3n) is 2.24. The maximum Gasteiger partial charge on any atom is 0.330 e. The van der Waals surface area contributed by atoms with Gasteiger partial charge in [-0.25, -0.2) is 4.79 Å². The molecule has 0 radical (unpaired) electrons. The van der Waals surface area contributed by atoms with E-state index in [1.54, 1.807) is 0 Å². The fourth-order valence-corrected chi connectivity index (χ4v) is 2.60. The van der Waals surface area contributed by atoms with Crippen molar-refractivity contribution in [2.75, 3.05) is 12.8 Å². The largest absolute Gasteiger partial charge is 0.393 e. The van der Waals surface area contributed by atoms with Gasteiger partial charge in [0.2, 0.25) is 5.82 Å². The number of hydrogen-bond donors (Lipinski definition) is 2. The van der Waals surface area contributed by atoms with Gasteiger partial charge in [0, 0.05) is 6.16 Å². The van der Waals surface area contributed by atoms with E-state index in [0.717, 1.165) is 10.8 Å². The summed E-state index contributed by atoms with van der Waals surface area (Å²) in [6.07, 6.45) is 0.737. The van der Waals surface area contributed by atoms with Crippen LogP contribution in [0.3, 0.4) is 0 Å². The molecule has 2 rings (SSSR count). The second-order valence-electron chi connectivity index (χ2n) is 3.31. The van der Waals surface area contributed by atoms with Crippen molar-refractivity contribution in [3.05, 3.63) is 32.9 Å². The summed E-state index contributed by atoms with van der Waals surface area (Å²) < 4.78 is 19.3. The molecule has 1 aliphatic rings. The molecule has 88 valence electrons. The second kappa shape index (κ2) is 4.45. The van der Waals surface area contributed by atoms with E-state index in [9.17, 15) is 14.0 Å². The third-order valence-corrected chi connectivity index (χ3v) is 3.60. The summed E-state index contributed by atoms with van der Waals surface area (Å²) in [6.45, 7) is -0.129. The molecule has 1 aliphatic heterocycles. The van der Waals surface area contributed by atoms with Crippen molar-refractivity contribution >= 4 is 8.58 Å². The van der Waals surface area contributed by atoms with E-state index in [-0.39, 0.29) is 12.5 Å². The highest BCUT2D eigenvalue weighted by molar-refractivity contribution is 7.39. The van der Waals surface area contributed by atoms with Gasteiger partial charge in [0.15, 0.2) is 0 Å². The molecular formula is C8H10FN2O4P. The molecule has 2 heterocycles. The normalized spacial score (nSPS) is 26.4. The minimum atomic E-state index is -1.04. The highest BCUT2D eigenvalue weighted by Gasteiger charge is 2.27. The van der Waals surface area contributed by atoms with Crippen LogP contribution in [-0.2, 0) is 4.74 Å². The van der Waals surface area contributed by atoms with Crippen LogP contribution in [0.5, 0.6) is 0 Å². The lowest BCUT2D eigenvalue weighted by atomic mass is 10.5. The van der Waals surface area contributed by atoms with Crippen LogP contribution in [0.15, 0.2) is 15.8 Å². The average molecular weight is 248 g/mol. The standard InChI is InChI=1S/C8H10FN2O4P/c9-4-1-11(8(14)10-7(4)13)5-3-16-6(2-12)15-5/h1,5-6,12,16H,2-3H2,(H,10,13,14). The van der Waals surface area contributed by atoms with E-state index < -0.39 is 23.3 Å². The van der Waals surface area contributed by atoms with Crippen molar-refractivity contribution in [2.45, 2.75) is 12.1 Å². The smallest absolute Gasteiger partial charge is 0.330 e. The molecule has 0 saturated carbocycles. The van der Waals surface area contributed by atoms with Crippen molar-refractivity contribution in [1.82, 2.24) is 9.55 Å². The van der Waals surface area contributed by atoms with Crippen molar-refractivity contribution in [3.8, 4) is 0 Å². The minimum absolute atomic E-state index is 0.129. The first-order chi connectivity index (χ1) is 7.61. The first-order valence-electron chi connectivity index (χ1n) is 4.62. The number of aromatic amines is 1. The number of aromatic nitrogens is 2. The molecule has 1 fully saturated rings. The van der Waals surface area contributed by atoms with Crippen LogP contribution in [0.4, 0.5) is 4.39 Å². The van der Waals surface area contributed by atoms with Gasteiger partial charge in [0.1, 0.15) is 6.23 Å². The van der Waals surface area contributed by atoms with Gasteiger partial charge >= 0.3 is 5.69 Å². The molecule has 1 saturated heterocycles. The minimum Gasteiger partial charge on any atom is -0.393 e. The monoisotopic (exact) mass is 248 g/mol. The van der Waals surface area contributed by atoms with E-state index in [0.29, 0.717) is 14.7 Å². The van der Waals surface area contributed by atoms with Gasteiger partial charge in [-0.15, -0.1) is 0 Å². The van der Waals surface area contributed by atoms with Crippen LogP contribution in [0.1, 0.15) is 6.23 Å². The molecule has 8 heteroatoms. The number of aliphatic hydroxyl groups is 1. The van der Waals surface area contributed by atoms with Gasteiger partial charge in [-0.05, 0) is 0 Å². The summed E-state index contributed by atoms with van der Waals surface area (Å²) in [6, 6.07) is 0. The number of halogens is 1. The van der Waals surface area contributed by atoms with Crippen LogP contribution >= 0.6 is 8.58 Å². The molecule has 16 heavy (non-hydrogen) atoms. The van der Waals surface area contributed by atoms with Gasteiger partial charge in [0.05, 0.1) is 18.6 Å². The summed E-state index contributed by atoms with van der Waals surface area (Å²) in [4.78, 5) is 24.0. The number of H-pyrrole nitrogens is 1. The van der Waals surface area contributed by atoms with Gasteiger partial charge in [-0.2, -0.15) is 4.39 Å². The third kappa shape index (κ3) is 2.07. The molecule has 6 nitrogen and oxygen atoms in total. The Morgan fingerprint density at radius 3 is 3.06 bits per heavy atom. The molecule has 2 N–H and O–H groups in total. The molecule has 0 amide bonds. The van der Waals surface area contributed by atoms with Crippen molar-refractivity contribution in [2.24, 2.45) is 0 Å². The number of rotatable bonds is 2. The summed E-state index contributed by atoms with van der Waals surface area (Å²) in [5, 5.41) is 8.86. The Bertz CT molecular complexity index is 500. The highest BCUT2D eigenvalue weighted by atomic mass is 31.1. The molecule has 0 aliphatic carbocycles. The van der Waals surface area contributed by atoms with Crippen LogP contribution in [0.2, 0.25) is 0 Å². The fraction of sp³-hybridized carbons (Fsp3) is 0.500. The Labute approximate surface area is 90.8 Å². The van der Waals surface area contributed by atoms with Crippen molar-refractivity contribution in [1.29, 1.82) is 0 Å².